The van der Waals surface area contributed by atoms with E-state index >= 15 is 0 Å². The number of quaternary nitrogens is 1. The normalized spacial score (nSPS) is 12.4. The lowest BCUT2D eigenvalue weighted by molar-refractivity contribution is -0.923. The minimum atomic E-state index is -3.88. The van der Waals surface area contributed by atoms with Crippen LogP contribution in [0, 0.1) is 0 Å². The summed E-state index contributed by atoms with van der Waals surface area (Å²) in [7, 11) is -3.88. The van der Waals surface area contributed by atoms with Crippen molar-refractivity contribution in [1.29, 1.82) is 0 Å². The molecular formula is C11H25N2O4S+. The monoisotopic (exact) mass is 281 g/mol. The van der Waals surface area contributed by atoms with Gasteiger partial charge in [-0.3, -0.25) is 9.35 Å². The Balaban J connectivity index is 4.28. The van der Waals surface area contributed by atoms with E-state index in [1.54, 1.807) is 0 Å². The second-order valence-corrected chi connectivity index (χ2v) is 6.12. The summed E-state index contributed by atoms with van der Waals surface area (Å²) in [6, 6.07) is 0. The van der Waals surface area contributed by atoms with Crippen molar-refractivity contribution in [1.82, 2.24) is 5.32 Å². The lowest BCUT2D eigenvalue weighted by Gasteiger charge is -2.37. The highest BCUT2D eigenvalue weighted by atomic mass is 32.2. The van der Waals surface area contributed by atoms with Crippen molar-refractivity contribution in [2.24, 2.45) is 0 Å². The van der Waals surface area contributed by atoms with Gasteiger partial charge in [-0.1, -0.05) is 0 Å². The summed E-state index contributed by atoms with van der Waals surface area (Å²) in [5.41, 5.74) is 0. The molecule has 0 aromatic rings. The molecule has 0 spiro atoms. The third kappa shape index (κ3) is 7.62. The maximum absolute atomic E-state index is 10.8. The van der Waals surface area contributed by atoms with E-state index in [1.807, 2.05) is 13.8 Å². The Bertz CT molecular complexity index is 350. The number of nitrogens with zero attached hydrogens (tertiary/aromatic N) is 1. The zero-order valence-electron chi connectivity index (χ0n) is 11.5. The van der Waals surface area contributed by atoms with E-state index in [1.165, 1.54) is 6.92 Å². The molecule has 0 aromatic carbocycles. The fourth-order valence-corrected chi connectivity index (χ4v) is 2.51. The molecule has 0 saturated heterocycles. The molecule has 0 fully saturated rings. The van der Waals surface area contributed by atoms with Gasteiger partial charge in [0.1, 0.15) is 0 Å². The number of likely N-dealkylation sites (N-methyl/N-ethyl adjacent to an activating group) is 1. The molecule has 0 atom stereocenters. The third-order valence-electron chi connectivity index (χ3n) is 3.34. The molecule has 6 nitrogen and oxygen atoms in total. The quantitative estimate of drug-likeness (QED) is 0.469. The molecule has 7 heteroatoms. The van der Waals surface area contributed by atoms with Gasteiger partial charge in [-0.2, -0.15) is 8.42 Å². The average molecular weight is 281 g/mol. The molecule has 0 rings (SSSR count). The molecule has 18 heavy (non-hydrogen) atoms. The highest BCUT2D eigenvalue weighted by molar-refractivity contribution is 7.85. The van der Waals surface area contributed by atoms with Crippen molar-refractivity contribution in [3.8, 4) is 0 Å². The van der Waals surface area contributed by atoms with Crippen LogP contribution in [0.5, 0.6) is 0 Å². The van der Waals surface area contributed by atoms with Crippen molar-refractivity contribution in [3.05, 3.63) is 0 Å². The van der Waals surface area contributed by atoms with Crippen LogP contribution in [-0.4, -0.2) is 61.8 Å². The van der Waals surface area contributed by atoms with E-state index in [4.69, 9.17) is 4.55 Å². The Morgan fingerprint density at radius 2 is 1.78 bits per heavy atom. The number of carbonyl (C=O) groups excluding carboxylic acids is 1. The van der Waals surface area contributed by atoms with Crippen LogP contribution in [0.15, 0.2) is 0 Å². The van der Waals surface area contributed by atoms with Gasteiger partial charge in [0.05, 0.1) is 38.5 Å². The maximum Gasteiger partial charge on any atom is 0.265 e. The van der Waals surface area contributed by atoms with Gasteiger partial charge in [-0.15, -0.1) is 0 Å². The van der Waals surface area contributed by atoms with Crippen molar-refractivity contribution in [2.45, 2.75) is 27.2 Å². The summed E-state index contributed by atoms with van der Waals surface area (Å²) >= 11 is 0. The molecule has 0 radical (unpaired) electrons. The van der Waals surface area contributed by atoms with Crippen LogP contribution in [0.1, 0.15) is 27.2 Å². The minimum absolute atomic E-state index is 0.0572. The molecule has 0 saturated carbocycles. The molecule has 0 aliphatic rings. The van der Waals surface area contributed by atoms with Crippen LogP contribution in [0.25, 0.3) is 0 Å². The fourth-order valence-electron chi connectivity index (χ4n) is 2.02. The first kappa shape index (κ1) is 17.3. The first-order chi connectivity index (χ1) is 8.24. The lowest BCUT2D eigenvalue weighted by atomic mass is 10.3. The van der Waals surface area contributed by atoms with Crippen LogP contribution in [0.3, 0.4) is 0 Å². The van der Waals surface area contributed by atoms with Crippen LogP contribution in [-0.2, 0) is 14.9 Å². The standard InChI is InChI=1S/C11H24N2O4S/c1-4-13(5-2,9-7-12-11(3)14)8-6-10-18(15,16)17/h4-10H2,1-3H3,(H-,12,14,15,16,17)/p+1. The van der Waals surface area contributed by atoms with Crippen LogP contribution in [0.2, 0.25) is 0 Å². The van der Waals surface area contributed by atoms with E-state index in [2.05, 4.69) is 5.32 Å². The number of nitrogens with one attached hydrogen (secondary N) is 1. The zero-order valence-corrected chi connectivity index (χ0v) is 12.3. The summed E-state index contributed by atoms with van der Waals surface area (Å²) < 4.78 is 30.8. The van der Waals surface area contributed by atoms with Gasteiger partial charge in [-0.25, -0.2) is 0 Å². The molecule has 0 aliphatic carbocycles. The fraction of sp³-hybridized carbons (Fsp3) is 0.909. The summed E-state index contributed by atoms with van der Waals surface area (Å²) in [6.07, 6.45) is 0.431. The minimum Gasteiger partial charge on any atom is -0.351 e. The molecular weight excluding hydrogens is 256 g/mol. The van der Waals surface area contributed by atoms with E-state index in [0.717, 1.165) is 24.1 Å². The molecule has 0 aliphatic heterocycles. The Hall–Kier alpha value is -0.660. The average Bonchev–Trinajstić information content (AvgIpc) is 2.25. The van der Waals surface area contributed by atoms with Gasteiger partial charge in [0, 0.05) is 13.3 Å². The molecule has 0 bridgehead atoms. The number of hydrogen-bond donors (Lipinski definition) is 2. The Morgan fingerprint density at radius 1 is 1.22 bits per heavy atom. The number of carbonyl (C=O) groups is 1. The van der Waals surface area contributed by atoms with Gasteiger partial charge in [0.2, 0.25) is 5.91 Å². The Labute approximate surface area is 110 Å². The second-order valence-electron chi connectivity index (χ2n) is 4.54. The predicted molar refractivity (Wildman–Crippen MR) is 70.8 cm³/mol. The highest BCUT2D eigenvalue weighted by Crippen LogP contribution is 2.08. The van der Waals surface area contributed by atoms with Crippen molar-refractivity contribution in [2.75, 3.05) is 38.5 Å². The SMILES string of the molecule is CC[N+](CC)(CCCS(=O)(=O)O)CCNC(C)=O. The zero-order chi connectivity index (χ0) is 14.2. The van der Waals surface area contributed by atoms with Gasteiger partial charge < -0.3 is 9.80 Å². The van der Waals surface area contributed by atoms with Gasteiger partial charge >= 0.3 is 0 Å². The van der Waals surface area contributed by atoms with Crippen LogP contribution in [0.4, 0.5) is 0 Å². The first-order valence-corrected chi connectivity index (χ1v) is 7.90. The maximum atomic E-state index is 10.8. The summed E-state index contributed by atoms with van der Waals surface area (Å²) in [4.78, 5) is 10.8. The summed E-state index contributed by atoms with van der Waals surface area (Å²) in [6.45, 7) is 9.37. The van der Waals surface area contributed by atoms with Crippen molar-refractivity contribution in [3.63, 3.8) is 0 Å². The Morgan fingerprint density at radius 3 is 2.17 bits per heavy atom. The molecule has 0 heterocycles. The summed E-state index contributed by atoms with van der Waals surface area (Å²) in [5, 5.41) is 2.75. The number of hydrogen-bond acceptors (Lipinski definition) is 3. The molecule has 1 amide bonds. The number of rotatable bonds is 9. The second kappa shape index (κ2) is 7.70. The first-order valence-electron chi connectivity index (χ1n) is 6.29. The lowest BCUT2D eigenvalue weighted by Crippen LogP contribution is -2.52. The Kier molecular flexibility index (Phi) is 7.42. The van der Waals surface area contributed by atoms with E-state index in [-0.39, 0.29) is 11.7 Å². The van der Waals surface area contributed by atoms with Crippen molar-refractivity contribution < 1.29 is 22.2 Å². The van der Waals surface area contributed by atoms with Crippen LogP contribution >= 0.6 is 0 Å². The molecule has 2 N–H and O–H groups in total. The van der Waals surface area contributed by atoms with Gasteiger partial charge in [-0.05, 0) is 13.8 Å². The molecule has 0 aromatic heterocycles. The van der Waals surface area contributed by atoms with Gasteiger partial charge in [0.15, 0.2) is 0 Å². The largest absolute Gasteiger partial charge is 0.351 e. The van der Waals surface area contributed by atoms with Crippen LogP contribution < -0.4 is 5.32 Å². The van der Waals surface area contributed by atoms with E-state index < -0.39 is 10.1 Å². The topological polar surface area (TPSA) is 83.5 Å². The van der Waals surface area contributed by atoms with Gasteiger partial charge in [0.25, 0.3) is 10.1 Å². The smallest absolute Gasteiger partial charge is 0.265 e. The molecule has 0 unspecified atom stereocenters. The van der Waals surface area contributed by atoms with E-state index in [9.17, 15) is 13.2 Å². The molecule has 108 valence electrons. The highest BCUT2D eigenvalue weighted by Gasteiger charge is 2.23. The van der Waals surface area contributed by atoms with E-state index in [0.29, 0.717) is 19.5 Å². The summed E-state index contributed by atoms with van der Waals surface area (Å²) in [5.74, 6) is -0.258. The predicted octanol–water partition coefficient (Wildman–Crippen LogP) is 0.257. The van der Waals surface area contributed by atoms with Crippen molar-refractivity contribution >= 4 is 16.0 Å². The third-order valence-corrected chi connectivity index (χ3v) is 4.14. The number of amides is 1.